The first-order valence-corrected chi connectivity index (χ1v) is 8.14. The fourth-order valence-electron chi connectivity index (χ4n) is 2.60. The van der Waals surface area contributed by atoms with E-state index >= 15 is 0 Å². The molecule has 3 rings (SSSR count). The van der Waals surface area contributed by atoms with Crippen LogP contribution in [0.25, 0.3) is 11.3 Å². The number of rotatable bonds is 5. The summed E-state index contributed by atoms with van der Waals surface area (Å²) >= 11 is 6.16. The second kappa shape index (κ2) is 7.32. The van der Waals surface area contributed by atoms with Crippen LogP contribution in [0.5, 0.6) is 0 Å². The van der Waals surface area contributed by atoms with Gasteiger partial charge in [-0.2, -0.15) is 0 Å². The third-order valence-corrected chi connectivity index (χ3v) is 4.16. The first-order chi connectivity index (χ1) is 11.7. The Bertz CT molecular complexity index is 830. The summed E-state index contributed by atoms with van der Waals surface area (Å²) in [5, 5.41) is 7.36. The van der Waals surface area contributed by atoms with Crippen molar-refractivity contribution in [2.45, 2.75) is 19.3 Å². The Balaban J connectivity index is 1.77. The van der Waals surface area contributed by atoms with E-state index < -0.39 is 0 Å². The second-order valence-corrected chi connectivity index (χ2v) is 5.82. The molecule has 0 aliphatic heterocycles. The number of amides is 1. The quantitative estimate of drug-likeness (QED) is 0.700. The van der Waals surface area contributed by atoms with Gasteiger partial charge in [0.2, 0.25) is 11.8 Å². The molecule has 0 radical (unpaired) electrons. The summed E-state index contributed by atoms with van der Waals surface area (Å²) in [5.74, 6) is -0.0464. The molecule has 0 aliphatic carbocycles. The van der Waals surface area contributed by atoms with E-state index in [1.54, 1.807) is 12.1 Å². The predicted octanol–water partition coefficient (Wildman–Crippen LogP) is 5.13. The topological polar surface area (TPSA) is 55.1 Å². The molecule has 0 saturated carbocycles. The molecule has 1 amide bonds. The van der Waals surface area contributed by atoms with E-state index in [0.717, 1.165) is 11.1 Å². The molecule has 24 heavy (non-hydrogen) atoms. The summed E-state index contributed by atoms with van der Waals surface area (Å²) in [7, 11) is 0. The number of nitrogens with zero attached hydrogens (tertiary/aromatic N) is 1. The number of anilines is 1. The van der Waals surface area contributed by atoms with Crippen LogP contribution in [0.15, 0.2) is 65.2 Å². The predicted molar refractivity (Wildman–Crippen MR) is 95.1 cm³/mol. The highest BCUT2D eigenvalue weighted by Crippen LogP contribution is 2.29. The third kappa shape index (κ3) is 3.49. The van der Waals surface area contributed by atoms with Crippen molar-refractivity contribution in [3.63, 3.8) is 0 Å². The molecule has 1 atom stereocenters. The van der Waals surface area contributed by atoms with Gasteiger partial charge in [-0.1, -0.05) is 72.2 Å². The average Bonchev–Trinajstić information content (AvgIpc) is 3.05. The van der Waals surface area contributed by atoms with Gasteiger partial charge in [0, 0.05) is 11.6 Å². The van der Waals surface area contributed by atoms with Gasteiger partial charge in [-0.3, -0.25) is 10.1 Å². The Morgan fingerprint density at radius 2 is 1.88 bits per heavy atom. The number of aromatic nitrogens is 1. The van der Waals surface area contributed by atoms with Gasteiger partial charge in [-0.15, -0.1) is 0 Å². The van der Waals surface area contributed by atoms with Crippen molar-refractivity contribution < 1.29 is 9.32 Å². The summed E-state index contributed by atoms with van der Waals surface area (Å²) in [6.07, 6.45) is 0.696. The monoisotopic (exact) mass is 340 g/mol. The number of carbonyl (C=O) groups excluding carboxylic acids is 1. The van der Waals surface area contributed by atoms with E-state index in [-0.39, 0.29) is 11.8 Å². The molecule has 2 aromatic carbocycles. The fraction of sp³-hybridized carbons (Fsp3) is 0.158. The molecule has 1 N–H and O–H groups in total. The molecule has 0 spiro atoms. The van der Waals surface area contributed by atoms with Gasteiger partial charge in [-0.25, -0.2) is 0 Å². The minimum atomic E-state index is -0.236. The van der Waals surface area contributed by atoms with Gasteiger partial charge in [0.1, 0.15) is 5.69 Å². The van der Waals surface area contributed by atoms with Crippen molar-refractivity contribution in [3.8, 4) is 11.3 Å². The highest BCUT2D eigenvalue weighted by Gasteiger charge is 2.20. The van der Waals surface area contributed by atoms with Crippen LogP contribution in [-0.4, -0.2) is 11.1 Å². The van der Waals surface area contributed by atoms with Gasteiger partial charge >= 0.3 is 0 Å². The highest BCUT2D eigenvalue weighted by atomic mass is 35.5. The smallest absolute Gasteiger partial charge is 0.234 e. The minimum Gasteiger partial charge on any atom is -0.338 e. The zero-order chi connectivity index (χ0) is 16.9. The highest BCUT2D eigenvalue weighted by molar-refractivity contribution is 6.33. The summed E-state index contributed by atoms with van der Waals surface area (Å²) < 4.78 is 5.23. The van der Waals surface area contributed by atoms with Crippen LogP contribution < -0.4 is 5.32 Å². The molecule has 5 heteroatoms. The number of carbonyl (C=O) groups is 1. The first-order valence-electron chi connectivity index (χ1n) is 7.76. The maximum atomic E-state index is 12.5. The van der Waals surface area contributed by atoms with Gasteiger partial charge in [-0.05, 0) is 18.1 Å². The van der Waals surface area contributed by atoms with Crippen molar-refractivity contribution in [1.82, 2.24) is 5.16 Å². The lowest BCUT2D eigenvalue weighted by Gasteiger charge is -2.13. The molecular weight excluding hydrogens is 324 g/mol. The lowest BCUT2D eigenvalue weighted by atomic mass is 9.96. The average molecular weight is 341 g/mol. The van der Waals surface area contributed by atoms with Gasteiger partial charge < -0.3 is 4.52 Å². The molecule has 1 aromatic heterocycles. The van der Waals surface area contributed by atoms with E-state index in [4.69, 9.17) is 16.1 Å². The van der Waals surface area contributed by atoms with Crippen LogP contribution in [0.4, 0.5) is 5.88 Å². The van der Waals surface area contributed by atoms with Crippen LogP contribution in [-0.2, 0) is 4.79 Å². The Morgan fingerprint density at radius 3 is 2.58 bits per heavy atom. The molecule has 3 aromatic rings. The molecule has 1 unspecified atom stereocenters. The minimum absolute atomic E-state index is 0.120. The van der Waals surface area contributed by atoms with Gasteiger partial charge in [0.05, 0.1) is 10.9 Å². The van der Waals surface area contributed by atoms with E-state index in [0.29, 0.717) is 23.0 Å². The van der Waals surface area contributed by atoms with Crippen molar-refractivity contribution in [1.29, 1.82) is 0 Å². The largest absolute Gasteiger partial charge is 0.338 e. The van der Waals surface area contributed by atoms with E-state index in [2.05, 4.69) is 10.5 Å². The van der Waals surface area contributed by atoms with Crippen molar-refractivity contribution in [2.75, 3.05) is 5.32 Å². The summed E-state index contributed by atoms with van der Waals surface area (Å²) in [6, 6.07) is 18.7. The Kier molecular flexibility index (Phi) is 4.96. The van der Waals surface area contributed by atoms with Crippen LogP contribution >= 0.6 is 11.6 Å². The van der Waals surface area contributed by atoms with E-state index in [9.17, 15) is 4.79 Å². The normalized spacial score (nSPS) is 11.9. The summed E-state index contributed by atoms with van der Waals surface area (Å²) in [4.78, 5) is 12.5. The molecule has 0 aliphatic rings. The number of halogens is 1. The molecule has 0 bridgehead atoms. The third-order valence-electron chi connectivity index (χ3n) is 3.83. The molecule has 4 nitrogen and oxygen atoms in total. The molecule has 1 heterocycles. The number of nitrogens with one attached hydrogen (secondary N) is 1. The van der Waals surface area contributed by atoms with Gasteiger partial charge in [0.25, 0.3) is 0 Å². The van der Waals surface area contributed by atoms with Crippen molar-refractivity contribution in [3.05, 3.63) is 71.2 Å². The maximum absolute atomic E-state index is 12.5. The molecule has 122 valence electrons. The second-order valence-electron chi connectivity index (χ2n) is 5.42. The van der Waals surface area contributed by atoms with Crippen LogP contribution in [0.1, 0.15) is 24.8 Å². The number of hydrogen-bond donors (Lipinski definition) is 1. The van der Waals surface area contributed by atoms with Crippen LogP contribution in [0.3, 0.4) is 0 Å². The van der Waals surface area contributed by atoms with Crippen LogP contribution in [0, 0.1) is 0 Å². The first kappa shape index (κ1) is 16.3. The molecular formula is C19H17ClN2O2. The Labute approximate surface area is 145 Å². The van der Waals surface area contributed by atoms with E-state index in [1.807, 2.05) is 55.5 Å². The fourth-order valence-corrected chi connectivity index (χ4v) is 2.83. The standard InChI is InChI=1S/C19H17ClN2O2/c1-2-14(13-8-4-3-5-9-13)19(23)21-18-12-17(22-24-18)15-10-6-7-11-16(15)20/h3-12,14H,2H2,1H3,(H,21,23). The zero-order valence-electron chi connectivity index (χ0n) is 13.2. The number of hydrogen-bond acceptors (Lipinski definition) is 3. The van der Waals surface area contributed by atoms with Crippen molar-refractivity contribution >= 4 is 23.4 Å². The Hall–Kier alpha value is -2.59. The zero-order valence-corrected chi connectivity index (χ0v) is 14.0. The maximum Gasteiger partial charge on any atom is 0.234 e. The SMILES string of the molecule is CCC(C(=O)Nc1cc(-c2ccccc2Cl)no1)c1ccccc1. The van der Waals surface area contributed by atoms with Crippen molar-refractivity contribution in [2.24, 2.45) is 0 Å². The lowest BCUT2D eigenvalue weighted by molar-refractivity contribution is -0.117. The molecule has 0 saturated heterocycles. The Morgan fingerprint density at radius 1 is 1.17 bits per heavy atom. The summed E-state index contributed by atoms with van der Waals surface area (Å²) in [6.45, 7) is 1.98. The van der Waals surface area contributed by atoms with E-state index in [1.165, 1.54) is 0 Å². The van der Waals surface area contributed by atoms with Gasteiger partial charge in [0.15, 0.2) is 0 Å². The molecule has 0 fully saturated rings. The lowest BCUT2D eigenvalue weighted by Crippen LogP contribution is -2.20. The number of benzene rings is 2. The van der Waals surface area contributed by atoms with Crippen LogP contribution in [0.2, 0.25) is 5.02 Å². The summed E-state index contributed by atoms with van der Waals surface area (Å²) in [5.41, 5.74) is 2.32.